The molecule has 17 heavy (non-hydrogen) atoms. The van der Waals surface area contributed by atoms with Crippen LogP contribution in [0.2, 0.25) is 0 Å². The highest BCUT2D eigenvalue weighted by Gasteiger charge is 2.03. The van der Waals surface area contributed by atoms with Gasteiger partial charge in [0.1, 0.15) is 0 Å². The van der Waals surface area contributed by atoms with Crippen LogP contribution in [-0.2, 0) is 0 Å². The molecule has 0 fully saturated rings. The molecule has 2 aromatic carbocycles. The van der Waals surface area contributed by atoms with Crippen LogP contribution >= 0.6 is 0 Å². The first kappa shape index (κ1) is 11.5. The number of benzene rings is 2. The van der Waals surface area contributed by atoms with E-state index in [1.54, 1.807) is 0 Å². The molecule has 2 nitrogen and oxygen atoms in total. The SMILES string of the molecule is CC(C)c1ccc(Nc2ccccc2)c(N)c1. The molecule has 0 heterocycles. The quantitative estimate of drug-likeness (QED) is 0.772. The molecule has 0 radical (unpaired) electrons. The zero-order valence-electron chi connectivity index (χ0n) is 10.3. The molecular weight excluding hydrogens is 208 g/mol. The lowest BCUT2D eigenvalue weighted by atomic mass is 10.0. The topological polar surface area (TPSA) is 38.0 Å². The number of anilines is 3. The molecule has 2 heteroatoms. The molecule has 0 aliphatic rings. The summed E-state index contributed by atoms with van der Waals surface area (Å²) in [4.78, 5) is 0. The molecule has 0 bridgehead atoms. The van der Waals surface area contributed by atoms with Crippen LogP contribution in [0, 0.1) is 0 Å². The van der Waals surface area contributed by atoms with Gasteiger partial charge in [0.15, 0.2) is 0 Å². The predicted molar refractivity (Wildman–Crippen MR) is 74.7 cm³/mol. The zero-order valence-corrected chi connectivity index (χ0v) is 10.3. The first-order valence-electron chi connectivity index (χ1n) is 5.88. The van der Waals surface area contributed by atoms with Crippen molar-refractivity contribution in [2.75, 3.05) is 11.1 Å². The number of nitrogens with one attached hydrogen (secondary N) is 1. The number of nitrogens with two attached hydrogens (primary N) is 1. The van der Waals surface area contributed by atoms with E-state index in [0.29, 0.717) is 5.92 Å². The predicted octanol–water partition coefficient (Wildman–Crippen LogP) is 4.14. The Hall–Kier alpha value is -1.96. The Kier molecular flexibility index (Phi) is 3.33. The zero-order chi connectivity index (χ0) is 12.3. The molecule has 0 atom stereocenters. The van der Waals surface area contributed by atoms with Crippen LogP contribution in [-0.4, -0.2) is 0 Å². The van der Waals surface area contributed by atoms with Gasteiger partial charge in [0.05, 0.1) is 11.4 Å². The minimum absolute atomic E-state index is 0.503. The van der Waals surface area contributed by atoms with E-state index in [4.69, 9.17) is 5.73 Å². The second-order valence-corrected chi connectivity index (χ2v) is 4.49. The molecule has 0 aromatic heterocycles. The fourth-order valence-electron chi connectivity index (χ4n) is 1.73. The maximum atomic E-state index is 6.04. The summed E-state index contributed by atoms with van der Waals surface area (Å²) in [6.45, 7) is 4.33. The maximum absolute atomic E-state index is 6.04. The Morgan fingerprint density at radius 3 is 2.29 bits per heavy atom. The maximum Gasteiger partial charge on any atom is 0.0618 e. The van der Waals surface area contributed by atoms with Crippen molar-refractivity contribution in [3.05, 3.63) is 54.1 Å². The van der Waals surface area contributed by atoms with E-state index < -0.39 is 0 Å². The van der Waals surface area contributed by atoms with Gasteiger partial charge in [0, 0.05) is 5.69 Å². The third-order valence-electron chi connectivity index (χ3n) is 2.80. The van der Waals surface area contributed by atoms with Crippen molar-refractivity contribution >= 4 is 17.1 Å². The number of para-hydroxylation sites is 1. The first-order valence-corrected chi connectivity index (χ1v) is 5.88. The van der Waals surface area contributed by atoms with E-state index in [0.717, 1.165) is 17.1 Å². The molecule has 88 valence electrons. The van der Waals surface area contributed by atoms with E-state index in [2.05, 4.69) is 25.2 Å². The Balaban J connectivity index is 2.23. The molecule has 0 aliphatic heterocycles. The van der Waals surface area contributed by atoms with Crippen LogP contribution in [0.15, 0.2) is 48.5 Å². The number of hydrogen-bond acceptors (Lipinski definition) is 2. The lowest BCUT2D eigenvalue weighted by Gasteiger charge is -2.12. The van der Waals surface area contributed by atoms with E-state index in [9.17, 15) is 0 Å². The molecule has 2 aromatic rings. The largest absolute Gasteiger partial charge is 0.397 e. The highest BCUT2D eigenvalue weighted by molar-refractivity contribution is 5.73. The van der Waals surface area contributed by atoms with Gasteiger partial charge in [0.25, 0.3) is 0 Å². The van der Waals surface area contributed by atoms with Gasteiger partial charge in [-0.05, 0) is 35.7 Å². The van der Waals surface area contributed by atoms with Gasteiger partial charge in [-0.2, -0.15) is 0 Å². The smallest absolute Gasteiger partial charge is 0.0618 e. The number of rotatable bonds is 3. The summed E-state index contributed by atoms with van der Waals surface area (Å²) in [6, 6.07) is 16.2. The second kappa shape index (κ2) is 4.91. The summed E-state index contributed by atoms with van der Waals surface area (Å²) < 4.78 is 0. The molecular formula is C15H18N2. The molecule has 0 saturated heterocycles. The molecule has 3 N–H and O–H groups in total. The number of hydrogen-bond donors (Lipinski definition) is 2. The third kappa shape index (κ3) is 2.78. The highest BCUT2D eigenvalue weighted by atomic mass is 14.9. The van der Waals surface area contributed by atoms with Gasteiger partial charge in [-0.1, -0.05) is 38.1 Å². The molecule has 0 amide bonds. The summed E-state index contributed by atoms with van der Waals surface area (Å²) in [5.74, 6) is 0.503. The van der Waals surface area contributed by atoms with Gasteiger partial charge in [-0.15, -0.1) is 0 Å². The highest BCUT2D eigenvalue weighted by Crippen LogP contribution is 2.26. The molecule has 0 spiro atoms. The lowest BCUT2D eigenvalue weighted by Crippen LogP contribution is -1.98. The minimum atomic E-state index is 0.503. The number of nitrogen functional groups attached to an aromatic ring is 1. The van der Waals surface area contributed by atoms with E-state index in [1.807, 2.05) is 42.5 Å². The van der Waals surface area contributed by atoms with Gasteiger partial charge >= 0.3 is 0 Å². The van der Waals surface area contributed by atoms with Crippen molar-refractivity contribution in [1.82, 2.24) is 0 Å². The van der Waals surface area contributed by atoms with E-state index in [-0.39, 0.29) is 0 Å². The molecule has 0 unspecified atom stereocenters. The summed E-state index contributed by atoms with van der Waals surface area (Å²) in [6.07, 6.45) is 0. The van der Waals surface area contributed by atoms with Crippen LogP contribution < -0.4 is 11.1 Å². The Morgan fingerprint density at radius 1 is 1.00 bits per heavy atom. The monoisotopic (exact) mass is 226 g/mol. The summed E-state index contributed by atoms with van der Waals surface area (Å²) in [5.41, 5.74) is 10.1. The van der Waals surface area contributed by atoms with Crippen molar-refractivity contribution < 1.29 is 0 Å². The van der Waals surface area contributed by atoms with Crippen LogP contribution in [0.3, 0.4) is 0 Å². The summed E-state index contributed by atoms with van der Waals surface area (Å²) in [7, 11) is 0. The van der Waals surface area contributed by atoms with Crippen molar-refractivity contribution in [1.29, 1.82) is 0 Å². The standard InChI is InChI=1S/C15H18N2/c1-11(2)12-8-9-15(14(16)10-12)17-13-6-4-3-5-7-13/h3-11,17H,16H2,1-2H3. The van der Waals surface area contributed by atoms with Crippen LogP contribution in [0.4, 0.5) is 17.1 Å². The molecule has 2 rings (SSSR count). The summed E-state index contributed by atoms with van der Waals surface area (Å²) in [5, 5.41) is 3.31. The minimum Gasteiger partial charge on any atom is -0.397 e. The average Bonchev–Trinajstić information content (AvgIpc) is 2.33. The second-order valence-electron chi connectivity index (χ2n) is 4.49. The fourth-order valence-corrected chi connectivity index (χ4v) is 1.73. The van der Waals surface area contributed by atoms with E-state index in [1.165, 1.54) is 5.56 Å². The lowest BCUT2D eigenvalue weighted by molar-refractivity contribution is 0.867. The summed E-state index contributed by atoms with van der Waals surface area (Å²) >= 11 is 0. The molecule has 0 saturated carbocycles. The molecule has 0 aliphatic carbocycles. The van der Waals surface area contributed by atoms with E-state index >= 15 is 0 Å². The normalized spacial score (nSPS) is 10.5. The first-order chi connectivity index (χ1) is 8.16. The third-order valence-corrected chi connectivity index (χ3v) is 2.80. The Labute approximate surface area is 102 Å². The van der Waals surface area contributed by atoms with Gasteiger partial charge < -0.3 is 11.1 Å². The van der Waals surface area contributed by atoms with Crippen molar-refractivity contribution in [3.8, 4) is 0 Å². The van der Waals surface area contributed by atoms with Crippen LogP contribution in [0.25, 0.3) is 0 Å². The van der Waals surface area contributed by atoms with Gasteiger partial charge in [0.2, 0.25) is 0 Å². The van der Waals surface area contributed by atoms with Crippen molar-refractivity contribution in [3.63, 3.8) is 0 Å². The Morgan fingerprint density at radius 2 is 1.71 bits per heavy atom. The van der Waals surface area contributed by atoms with Gasteiger partial charge in [-0.3, -0.25) is 0 Å². The Bertz CT molecular complexity index is 490. The van der Waals surface area contributed by atoms with Crippen LogP contribution in [0.5, 0.6) is 0 Å². The average molecular weight is 226 g/mol. The van der Waals surface area contributed by atoms with Crippen LogP contribution in [0.1, 0.15) is 25.3 Å². The fraction of sp³-hybridized carbons (Fsp3) is 0.200. The van der Waals surface area contributed by atoms with Crippen molar-refractivity contribution in [2.45, 2.75) is 19.8 Å². The van der Waals surface area contributed by atoms with Gasteiger partial charge in [-0.25, -0.2) is 0 Å². The van der Waals surface area contributed by atoms with Crippen molar-refractivity contribution in [2.24, 2.45) is 0 Å².